The Hall–Kier alpha value is -4.99. The van der Waals surface area contributed by atoms with Gasteiger partial charge < -0.3 is 15.5 Å². The number of fused-ring (bicyclic) bond motifs is 1. The molecule has 2 N–H and O–H groups in total. The molecule has 0 fully saturated rings. The van der Waals surface area contributed by atoms with Crippen molar-refractivity contribution in [1.29, 1.82) is 0 Å². The molecular weight excluding hydrogens is 480 g/mol. The number of anilines is 5. The third-order valence-electron chi connectivity index (χ3n) is 5.79. The minimum atomic E-state index is -0.352. The summed E-state index contributed by atoms with van der Waals surface area (Å²) in [6.07, 6.45) is 11.6. The van der Waals surface area contributed by atoms with Crippen LogP contribution in [0, 0.1) is 0 Å². The van der Waals surface area contributed by atoms with Crippen molar-refractivity contribution in [3.05, 3.63) is 98.0 Å². The second kappa shape index (κ2) is 11.4. The number of hydrogen-bond acceptors (Lipinski definition) is 6. The van der Waals surface area contributed by atoms with Crippen LogP contribution in [0.15, 0.2) is 92.5 Å². The lowest BCUT2D eigenvalue weighted by Gasteiger charge is -2.36. The maximum absolute atomic E-state index is 13.8. The first-order valence-electron chi connectivity index (χ1n) is 12.1. The average Bonchev–Trinajstić information content (AvgIpc) is 3.38. The molecule has 3 heterocycles. The molecule has 3 aromatic rings. The van der Waals surface area contributed by atoms with Gasteiger partial charge in [0.15, 0.2) is 5.82 Å². The molecule has 10 heteroatoms. The van der Waals surface area contributed by atoms with E-state index in [4.69, 9.17) is 4.98 Å². The van der Waals surface area contributed by atoms with Crippen molar-refractivity contribution >= 4 is 40.8 Å². The van der Waals surface area contributed by atoms with E-state index in [1.165, 1.54) is 11.0 Å². The molecule has 10 nitrogen and oxygen atoms in total. The molecule has 0 unspecified atom stereocenters. The van der Waals surface area contributed by atoms with E-state index in [9.17, 15) is 9.59 Å². The highest BCUT2D eigenvalue weighted by molar-refractivity contribution is 6.03. The maximum atomic E-state index is 13.8. The number of urea groups is 1. The fraction of sp³-hybridized carbons (Fsp3) is 0.179. The summed E-state index contributed by atoms with van der Waals surface area (Å²) in [6.45, 7) is 15.8. The van der Waals surface area contributed by atoms with E-state index in [0.29, 0.717) is 36.2 Å². The molecule has 1 aliphatic heterocycles. The Kier molecular flexibility index (Phi) is 7.81. The highest BCUT2D eigenvalue weighted by atomic mass is 16.2. The predicted octanol–water partition coefficient (Wildman–Crippen LogP) is 5.49. The number of amides is 3. The number of benzene rings is 1. The van der Waals surface area contributed by atoms with E-state index < -0.39 is 0 Å². The number of carbonyl (C=O) groups excluding carboxylic acids is 2. The van der Waals surface area contributed by atoms with Crippen LogP contribution in [-0.2, 0) is 11.3 Å². The van der Waals surface area contributed by atoms with E-state index in [-0.39, 0.29) is 18.0 Å². The molecule has 2 aromatic heterocycles. The van der Waals surface area contributed by atoms with Crippen molar-refractivity contribution < 1.29 is 9.59 Å². The number of nitrogens with one attached hydrogen (secondary N) is 2. The SMILES string of the molecule is C=C/C=C(\C=C)CN1Cc2cnc(Nc3cnn(C(C)C)c3)nc2N(c2cccc(NC(=O)C=C)c2)C1=O. The van der Waals surface area contributed by atoms with Gasteiger partial charge in [-0.25, -0.2) is 14.7 Å². The van der Waals surface area contributed by atoms with Gasteiger partial charge >= 0.3 is 6.03 Å². The topological polar surface area (TPSA) is 108 Å². The number of rotatable bonds is 10. The number of carbonyl (C=O) groups is 2. The Labute approximate surface area is 221 Å². The first-order chi connectivity index (χ1) is 18.3. The molecule has 1 aromatic carbocycles. The van der Waals surface area contributed by atoms with E-state index in [1.807, 2.05) is 30.8 Å². The zero-order chi connectivity index (χ0) is 27.2. The van der Waals surface area contributed by atoms with Crippen molar-refractivity contribution in [2.45, 2.75) is 26.4 Å². The van der Waals surface area contributed by atoms with E-state index in [2.05, 4.69) is 40.5 Å². The van der Waals surface area contributed by atoms with Gasteiger partial charge in [0.2, 0.25) is 11.9 Å². The van der Waals surface area contributed by atoms with Crippen molar-refractivity contribution in [3.63, 3.8) is 0 Å². The largest absolute Gasteiger partial charge is 0.330 e. The predicted molar refractivity (Wildman–Crippen MR) is 150 cm³/mol. The number of nitrogens with zero attached hydrogens (tertiary/aromatic N) is 6. The second-order valence-electron chi connectivity index (χ2n) is 8.87. The summed E-state index contributed by atoms with van der Waals surface area (Å²) in [5.41, 5.74) is 3.38. The molecule has 0 radical (unpaired) electrons. The van der Waals surface area contributed by atoms with Gasteiger partial charge in [0.25, 0.3) is 0 Å². The van der Waals surface area contributed by atoms with Crippen LogP contribution < -0.4 is 15.5 Å². The van der Waals surface area contributed by atoms with Crippen molar-refractivity contribution in [2.24, 2.45) is 0 Å². The molecule has 0 spiro atoms. The summed E-state index contributed by atoms with van der Waals surface area (Å²) in [5, 5.41) is 10.3. The van der Waals surface area contributed by atoms with Gasteiger partial charge in [0.05, 0.1) is 24.1 Å². The Morgan fingerprint density at radius 1 is 1.16 bits per heavy atom. The molecule has 4 rings (SSSR count). The van der Waals surface area contributed by atoms with Crippen LogP contribution in [-0.4, -0.2) is 43.1 Å². The first kappa shape index (κ1) is 26.1. The fourth-order valence-electron chi connectivity index (χ4n) is 3.91. The number of aromatic nitrogens is 4. The van der Waals surface area contributed by atoms with Crippen LogP contribution in [0.3, 0.4) is 0 Å². The third kappa shape index (κ3) is 5.70. The van der Waals surface area contributed by atoms with Crippen molar-refractivity contribution in [1.82, 2.24) is 24.6 Å². The van der Waals surface area contributed by atoms with Crippen molar-refractivity contribution in [3.8, 4) is 0 Å². The summed E-state index contributed by atoms with van der Waals surface area (Å²) < 4.78 is 1.82. The van der Waals surface area contributed by atoms with Gasteiger partial charge in [-0.3, -0.25) is 9.48 Å². The number of hydrogen-bond donors (Lipinski definition) is 2. The molecular formula is C28H30N8O2. The zero-order valence-electron chi connectivity index (χ0n) is 21.5. The minimum absolute atomic E-state index is 0.207. The van der Waals surface area contributed by atoms with Gasteiger partial charge in [0.1, 0.15) is 0 Å². The fourth-order valence-corrected chi connectivity index (χ4v) is 3.91. The lowest BCUT2D eigenvalue weighted by Crippen LogP contribution is -2.46. The summed E-state index contributed by atoms with van der Waals surface area (Å²) in [6, 6.07) is 6.91. The van der Waals surface area contributed by atoms with Crippen LogP contribution >= 0.6 is 0 Å². The van der Waals surface area contributed by atoms with Crippen LogP contribution in [0.2, 0.25) is 0 Å². The Morgan fingerprint density at radius 2 is 1.97 bits per heavy atom. The first-order valence-corrected chi connectivity index (χ1v) is 12.1. The minimum Gasteiger partial charge on any atom is -0.322 e. The third-order valence-corrected chi connectivity index (χ3v) is 5.79. The summed E-state index contributed by atoms with van der Waals surface area (Å²) in [5.74, 6) is 0.419. The summed E-state index contributed by atoms with van der Waals surface area (Å²) >= 11 is 0. The molecule has 0 aliphatic carbocycles. The van der Waals surface area contributed by atoms with Crippen LogP contribution in [0.5, 0.6) is 0 Å². The Morgan fingerprint density at radius 3 is 2.66 bits per heavy atom. The smallest absolute Gasteiger partial charge is 0.322 e. The quantitative estimate of drug-likeness (QED) is 0.276. The Bertz CT molecular complexity index is 1420. The summed E-state index contributed by atoms with van der Waals surface area (Å²) in [4.78, 5) is 38.1. The molecule has 38 heavy (non-hydrogen) atoms. The molecule has 0 atom stereocenters. The number of allylic oxidation sites excluding steroid dienone is 2. The lowest BCUT2D eigenvalue weighted by atomic mass is 10.1. The molecule has 0 saturated heterocycles. The van der Waals surface area contributed by atoms with Gasteiger partial charge in [-0.15, -0.1) is 0 Å². The van der Waals surface area contributed by atoms with Crippen molar-refractivity contribution in [2.75, 3.05) is 22.1 Å². The van der Waals surface area contributed by atoms with Gasteiger partial charge in [-0.1, -0.05) is 44.0 Å². The Balaban J connectivity index is 1.74. The van der Waals surface area contributed by atoms with Gasteiger partial charge in [-0.2, -0.15) is 10.1 Å². The average molecular weight is 511 g/mol. The highest BCUT2D eigenvalue weighted by Crippen LogP contribution is 2.35. The lowest BCUT2D eigenvalue weighted by molar-refractivity contribution is -0.111. The maximum Gasteiger partial charge on any atom is 0.330 e. The second-order valence-corrected chi connectivity index (χ2v) is 8.87. The van der Waals surface area contributed by atoms with Crippen LogP contribution in [0.4, 0.5) is 33.6 Å². The highest BCUT2D eigenvalue weighted by Gasteiger charge is 2.33. The van der Waals surface area contributed by atoms with E-state index >= 15 is 0 Å². The molecule has 1 aliphatic rings. The molecule has 0 bridgehead atoms. The monoisotopic (exact) mass is 510 g/mol. The summed E-state index contributed by atoms with van der Waals surface area (Å²) in [7, 11) is 0. The zero-order valence-corrected chi connectivity index (χ0v) is 21.5. The normalized spacial score (nSPS) is 13.2. The molecule has 0 saturated carbocycles. The van der Waals surface area contributed by atoms with E-state index in [0.717, 1.165) is 16.8 Å². The van der Waals surface area contributed by atoms with Gasteiger partial charge in [-0.05, 0) is 43.7 Å². The van der Waals surface area contributed by atoms with E-state index in [1.54, 1.807) is 53.7 Å². The standard InChI is InChI=1S/C28H30N8O2/c1-6-10-20(7-2)16-34-17-21-14-29-27(32-23-15-30-35(18-23)19(4)5)33-26(21)36(28(34)38)24-12-9-11-22(13-24)31-25(37)8-3/h6-15,18-19H,1-3,16-17H2,4-5H3,(H,31,37)(H,29,32,33)/b20-10+. The van der Waals surface area contributed by atoms with Crippen LogP contribution in [0.25, 0.3) is 0 Å². The van der Waals surface area contributed by atoms with Gasteiger partial charge in [0, 0.05) is 36.2 Å². The molecule has 3 amide bonds. The van der Waals surface area contributed by atoms with Crippen LogP contribution in [0.1, 0.15) is 25.5 Å². The molecule has 194 valence electrons.